The number of nitrogens with zero attached hydrogens (tertiary/aromatic N) is 4. The molecule has 3 rings (SSSR count). The van der Waals surface area contributed by atoms with Gasteiger partial charge in [0.15, 0.2) is 0 Å². The molecule has 1 aliphatic heterocycles. The number of benzene rings is 1. The summed E-state index contributed by atoms with van der Waals surface area (Å²) in [5.74, 6) is 2.37. The molecule has 0 radical (unpaired) electrons. The summed E-state index contributed by atoms with van der Waals surface area (Å²) in [5.41, 5.74) is 7.03. The van der Waals surface area contributed by atoms with E-state index in [-0.39, 0.29) is 10.6 Å². The van der Waals surface area contributed by atoms with Crippen molar-refractivity contribution in [2.24, 2.45) is 11.6 Å². The highest BCUT2D eigenvalue weighted by atomic mass is 35.5. The lowest BCUT2D eigenvalue weighted by Crippen LogP contribution is -2.44. The number of alkyl halides is 2. The van der Waals surface area contributed by atoms with Crippen LogP contribution < -0.4 is 16.6 Å². The average molecular weight is 421 g/mol. The Bertz CT molecular complexity index is 990. The Morgan fingerprint density at radius 2 is 1.97 bits per heavy atom. The van der Waals surface area contributed by atoms with Gasteiger partial charge in [0, 0.05) is 18.7 Å². The number of hydrogen-bond acceptors (Lipinski definition) is 6. The van der Waals surface area contributed by atoms with E-state index in [9.17, 15) is 13.6 Å². The molecule has 2 aromatic rings. The summed E-state index contributed by atoms with van der Waals surface area (Å²) >= 11 is 6.11. The molecule has 4 N–H and O–H groups in total. The predicted octanol–water partition coefficient (Wildman–Crippen LogP) is 3.15. The number of carbonyl (C=O) groups is 1. The molecule has 0 bridgehead atoms. The minimum absolute atomic E-state index is 0.0421. The fourth-order valence-electron chi connectivity index (χ4n) is 2.93. The maximum absolute atomic E-state index is 13.8. The lowest BCUT2D eigenvalue weighted by Gasteiger charge is -2.33. The first-order valence-electron chi connectivity index (χ1n) is 8.60. The predicted molar refractivity (Wildman–Crippen MR) is 106 cm³/mol. The van der Waals surface area contributed by atoms with E-state index in [1.54, 1.807) is 13.0 Å². The van der Waals surface area contributed by atoms with Crippen molar-refractivity contribution in [3.05, 3.63) is 76.7 Å². The largest absolute Gasteiger partial charge is 0.399 e. The fraction of sp³-hybridized carbons (Fsp3) is 0.211. The number of carbonyl (C=O) groups excluding carboxylic acids is 1. The monoisotopic (exact) mass is 420 g/mol. The standard InChI is InChI=1S/C19H19ClF2N6O/c1-11-17(23)15(28(24)12-8-25-10-26-9-12)6-7-27(11)18(29)13-4-3-5-14(16(13)20)19(2,21)22/h3-11H,23-24H2,1-2H3. The van der Waals surface area contributed by atoms with Crippen molar-refractivity contribution >= 4 is 23.2 Å². The number of anilines is 1. The van der Waals surface area contributed by atoms with Gasteiger partial charge in [-0.1, -0.05) is 23.7 Å². The van der Waals surface area contributed by atoms with Crippen LogP contribution in [0.3, 0.4) is 0 Å². The molecule has 0 fully saturated rings. The molecular weight excluding hydrogens is 402 g/mol. The van der Waals surface area contributed by atoms with Gasteiger partial charge < -0.3 is 10.6 Å². The molecule has 0 spiro atoms. The van der Waals surface area contributed by atoms with Crippen molar-refractivity contribution in [2.45, 2.75) is 25.8 Å². The summed E-state index contributed by atoms with van der Waals surface area (Å²) in [7, 11) is 0. The van der Waals surface area contributed by atoms with Crippen LogP contribution >= 0.6 is 11.6 Å². The summed E-state index contributed by atoms with van der Waals surface area (Å²) in [6.45, 7) is 2.42. The molecule has 1 aromatic carbocycles. The number of nitrogens with two attached hydrogens (primary N) is 2. The molecule has 1 amide bonds. The molecular formula is C19H19ClF2N6O. The average Bonchev–Trinajstić information content (AvgIpc) is 2.69. The van der Waals surface area contributed by atoms with Crippen molar-refractivity contribution in [1.29, 1.82) is 0 Å². The number of amides is 1. The first-order chi connectivity index (χ1) is 13.6. The van der Waals surface area contributed by atoms with E-state index < -0.39 is 23.4 Å². The second-order valence-corrected chi connectivity index (χ2v) is 6.94. The fourth-order valence-corrected chi connectivity index (χ4v) is 3.31. The van der Waals surface area contributed by atoms with Crippen LogP contribution in [0.4, 0.5) is 14.5 Å². The molecule has 1 aliphatic rings. The zero-order chi connectivity index (χ0) is 21.3. The Hall–Kier alpha value is -3.04. The van der Waals surface area contributed by atoms with E-state index in [2.05, 4.69) is 9.97 Å². The molecule has 152 valence electrons. The van der Waals surface area contributed by atoms with Crippen molar-refractivity contribution in [3.63, 3.8) is 0 Å². The van der Waals surface area contributed by atoms with Crippen LogP contribution in [-0.4, -0.2) is 26.8 Å². The first kappa shape index (κ1) is 20.7. The molecule has 0 saturated heterocycles. The molecule has 29 heavy (non-hydrogen) atoms. The summed E-state index contributed by atoms with van der Waals surface area (Å²) < 4.78 is 27.5. The van der Waals surface area contributed by atoms with Crippen LogP contribution in [0.15, 0.2) is 60.6 Å². The lowest BCUT2D eigenvalue weighted by atomic mass is 10.0. The molecule has 2 heterocycles. The molecule has 10 heteroatoms. The Morgan fingerprint density at radius 3 is 2.59 bits per heavy atom. The Balaban J connectivity index is 1.91. The number of hydrazine groups is 1. The minimum Gasteiger partial charge on any atom is -0.399 e. The second-order valence-electron chi connectivity index (χ2n) is 6.57. The van der Waals surface area contributed by atoms with Gasteiger partial charge in [-0.15, -0.1) is 0 Å². The SMILES string of the molecule is CC1C(N)=C(N(N)c2cncnc2)C=CN1C(=O)c1cccc(C(C)(F)F)c1Cl. The molecule has 7 nitrogen and oxygen atoms in total. The molecule has 1 unspecified atom stereocenters. The third-order valence-electron chi connectivity index (χ3n) is 4.58. The third-order valence-corrected chi connectivity index (χ3v) is 4.98. The number of hydrogen-bond donors (Lipinski definition) is 2. The number of halogens is 3. The van der Waals surface area contributed by atoms with E-state index in [4.69, 9.17) is 23.2 Å². The van der Waals surface area contributed by atoms with Crippen molar-refractivity contribution < 1.29 is 13.6 Å². The summed E-state index contributed by atoms with van der Waals surface area (Å²) in [6.07, 6.45) is 7.42. The number of rotatable bonds is 4. The second kappa shape index (κ2) is 7.76. The minimum atomic E-state index is -3.18. The highest BCUT2D eigenvalue weighted by molar-refractivity contribution is 6.34. The van der Waals surface area contributed by atoms with E-state index in [0.29, 0.717) is 17.1 Å². The zero-order valence-electron chi connectivity index (χ0n) is 15.7. The summed E-state index contributed by atoms with van der Waals surface area (Å²) in [6, 6.07) is 3.35. The van der Waals surface area contributed by atoms with Crippen LogP contribution in [0.1, 0.15) is 29.8 Å². The van der Waals surface area contributed by atoms with E-state index >= 15 is 0 Å². The van der Waals surface area contributed by atoms with Gasteiger partial charge in [-0.3, -0.25) is 9.80 Å². The first-order valence-corrected chi connectivity index (χ1v) is 8.98. The zero-order valence-corrected chi connectivity index (χ0v) is 16.4. The summed E-state index contributed by atoms with van der Waals surface area (Å²) in [4.78, 5) is 22.1. The van der Waals surface area contributed by atoms with Crippen molar-refractivity contribution in [2.75, 3.05) is 5.01 Å². The van der Waals surface area contributed by atoms with Gasteiger partial charge in [0.05, 0.1) is 46.1 Å². The third kappa shape index (κ3) is 3.92. The smallest absolute Gasteiger partial charge is 0.271 e. The van der Waals surface area contributed by atoms with E-state index in [0.717, 1.165) is 6.92 Å². The van der Waals surface area contributed by atoms with Crippen LogP contribution in [0, 0.1) is 0 Å². The summed E-state index contributed by atoms with van der Waals surface area (Å²) in [5, 5.41) is 1.01. The highest BCUT2D eigenvalue weighted by Crippen LogP contribution is 2.35. The number of allylic oxidation sites excluding steroid dienone is 1. The Morgan fingerprint density at radius 1 is 1.31 bits per heavy atom. The van der Waals surface area contributed by atoms with Crippen LogP contribution in [-0.2, 0) is 5.92 Å². The van der Waals surface area contributed by atoms with Crippen LogP contribution in [0.5, 0.6) is 0 Å². The van der Waals surface area contributed by atoms with Crippen LogP contribution in [0.2, 0.25) is 5.02 Å². The van der Waals surface area contributed by atoms with E-state index in [1.807, 2.05) is 0 Å². The normalized spacial score (nSPS) is 16.9. The van der Waals surface area contributed by atoms with Crippen molar-refractivity contribution in [1.82, 2.24) is 14.9 Å². The van der Waals surface area contributed by atoms with Gasteiger partial charge in [-0.05, 0) is 19.1 Å². The topological polar surface area (TPSA) is 101 Å². The van der Waals surface area contributed by atoms with Gasteiger partial charge in [0.25, 0.3) is 11.8 Å². The van der Waals surface area contributed by atoms with E-state index in [1.165, 1.54) is 53.0 Å². The molecule has 1 aromatic heterocycles. The number of aromatic nitrogens is 2. The Labute approximate surface area is 171 Å². The quantitative estimate of drug-likeness (QED) is 0.582. The molecule has 1 atom stereocenters. The van der Waals surface area contributed by atoms with Gasteiger partial charge >= 0.3 is 0 Å². The van der Waals surface area contributed by atoms with Gasteiger partial charge in [-0.25, -0.2) is 24.6 Å². The lowest BCUT2D eigenvalue weighted by molar-refractivity contribution is 0.0175. The van der Waals surface area contributed by atoms with Gasteiger partial charge in [0.1, 0.15) is 6.33 Å². The molecule has 0 aliphatic carbocycles. The Kier molecular flexibility index (Phi) is 5.54. The van der Waals surface area contributed by atoms with Gasteiger partial charge in [-0.2, -0.15) is 0 Å². The van der Waals surface area contributed by atoms with Crippen LogP contribution in [0.25, 0.3) is 0 Å². The maximum atomic E-state index is 13.8. The van der Waals surface area contributed by atoms with Crippen molar-refractivity contribution in [3.8, 4) is 0 Å². The van der Waals surface area contributed by atoms with Gasteiger partial charge in [0.2, 0.25) is 0 Å². The maximum Gasteiger partial charge on any atom is 0.271 e. The highest BCUT2D eigenvalue weighted by Gasteiger charge is 2.33. The molecule has 0 saturated carbocycles.